The Morgan fingerprint density at radius 1 is 1.03 bits per heavy atom. The lowest BCUT2D eigenvalue weighted by molar-refractivity contribution is -0.115. The van der Waals surface area contributed by atoms with Crippen LogP contribution in [-0.4, -0.2) is 28.7 Å². The summed E-state index contributed by atoms with van der Waals surface area (Å²) in [5.41, 5.74) is 3.62. The lowest BCUT2D eigenvalue weighted by atomic mass is 10.0. The third-order valence-corrected chi connectivity index (χ3v) is 5.05. The summed E-state index contributed by atoms with van der Waals surface area (Å²) in [7, 11) is 1.75. The number of pyridine rings is 1. The fraction of sp³-hybridized carbons (Fsp3) is 0.160. The number of nitrogens with one attached hydrogen (secondary N) is 1. The highest BCUT2D eigenvalue weighted by Crippen LogP contribution is 2.27. The van der Waals surface area contributed by atoms with Crippen molar-refractivity contribution < 1.29 is 14.0 Å². The van der Waals surface area contributed by atoms with Crippen molar-refractivity contribution >= 4 is 28.4 Å². The zero-order valence-electron chi connectivity index (χ0n) is 17.5. The van der Waals surface area contributed by atoms with Crippen LogP contribution in [0, 0.1) is 0 Å². The Hall–Kier alpha value is -3.93. The summed E-state index contributed by atoms with van der Waals surface area (Å²) in [6.45, 7) is 2.19. The van der Waals surface area contributed by atoms with Gasteiger partial charge in [-0.15, -0.1) is 0 Å². The Kier molecular flexibility index (Phi) is 5.80. The van der Waals surface area contributed by atoms with Crippen LogP contribution in [0.1, 0.15) is 29.5 Å². The summed E-state index contributed by atoms with van der Waals surface area (Å²) < 4.78 is 5.38. The molecule has 0 saturated carbocycles. The van der Waals surface area contributed by atoms with Crippen molar-refractivity contribution in [2.24, 2.45) is 0 Å². The predicted octanol–water partition coefficient (Wildman–Crippen LogP) is 5.12. The first-order valence-corrected chi connectivity index (χ1v) is 10.1. The zero-order valence-corrected chi connectivity index (χ0v) is 17.5. The lowest BCUT2D eigenvalue weighted by Crippen LogP contribution is -2.26. The number of aromatic nitrogens is 1. The number of fused-ring (bicyclic) bond motifs is 1. The van der Waals surface area contributed by atoms with E-state index >= 15 is 0 Å². The summed E-state index contributed by atoms with van der Waals surface area (Å²) in [4.78, 5) is 31.3. The molecular formula is C25H23N3O3. The Labute approximate surface area is 180 Å². The van der Waals surface area contributed by atoms with Crippen LogP contribution in [0.15, 0.2) is 77.4 Å². The fourth-order valence-corrected chi connectivity index (χ4v) is 3.39. The minimum Gasteiger partial charge on any atom is -0.467 e. The van der Waals surface area contributed by atoms with E-state index in [-0.39, 0.29) is 11.8 Å². The molecule has 0 atom stereocenters. The first-order chi connectivity index (χ1) is 15.0. The highest BCUT2D eigenvalue weighted by Gasteiger charge is 2.18. The number of rotatable bonds is 6. The Morgan fingerprint density at radius 3 is 2.52 bits per heavy atom. The summed E-state index contributed by atoms with van der Waals surface area (Å²) >= 11 is 0. The predicted molar refractivity (Wildman–Crippen MR) is 121 cm³/mol. The third-order valence-electron chi connectivity index (χ3n) is 5.05. The van der Waals surface area contributed by atoms with Crippen LogP contribution in [0.5, 0.6) is 0 Å². The van der Waals surface area contributed by atoms with Crippen LogP contribution in [0.25, 0.3) is 22.2 Å². The molecule has 2 aromatic heterocycles. The molecule has 0 aliphatic heterocycles. The highest BCUT2D eigenvalue weighted by atomic mass is 16.3. The largest absolute Gasteiger partial charge is 0.467 e. The molecule has 0 aliphatic carbocycles. The molecule has 0 fully saturated rings. The van der Waals surface area contributed by atoms with Gasteiger partial charge in [0.25, 0.3) is 5.91 Å². The van der Waals surface area contributed by atoms with Crippen molar-refractivity contribution in [1.29, 1.82) is 0 Å². The van der Waals surface area contributed by atoms with Gasteiger partial charge in [0.2, 0.25) is 5.91 Å². The molecule has 2 amide bonds. The molecule has 0 radical (unpaired) electrons. The normalized spacial score (nSPS) is 10.8. The Bertz CT molecular complexity index is 1210. The van der Waals surface area contributed by atoms with E-state index in [1.165, 1.54) is 0 Å². The van der Waals surface area contributed by atoms with Crippen LogP contribution in [-0.2, 0) is 11.3 Å². The monoisotopic (exact) mass is 413 g/mol. The molecule has 2 heterocycles. The zero-order chi connectivity index (χ0) is 21.8. The smallest absolute Gasteiger partial charge is 0.254 e. The minimum absolute atomic E-state index is 0.0379. The van der Waals surface area contributed by atoms with Gasteiger partial charge in [0, 0.05) is 30.1 Å². The molecule has 0 saturated heterocycles. The average molecular weight is 413 g/mol. The van der Waals surface area contributed by atoms with Crippen LogP contribution >= 0.6 is 0 Å². The number of nitrogens with zero attached hydrogens (tertiary/aromatic N) is 2. The van der Waals surface area contributed by atoms with Gasteiger partial charge < -0.3 is 14.6 Å². The molecule has 6 nitrogen and oxygen atoms in total. The molecule has 31 heavy (non-hydrogen) atoms. The quantitative estimate of drug-likeness (QED) is 0.476. The maximum Gasteiger partial charge on any atom is 0.254 e. The molecule has 6 heteroatoms. The van der Waals surface area contributed by atoms with Crippen LogP contribution in [0.3, 0.4) is 0 Å². The van der Waals surface area contributed by atoms with E-state index in [0.717, 1.165) is 27.9 Å². The average Bonchev–Trinajstić information content (AvgIpc) is 3.31. The number of anilines is 1. The molecule has 1 N–H and O–H groups in total. The van der Waals surface area contributed by atoms with Crippen molar-refractivity contribution in [2.45, 2.75) is 19.9 Å². The van der Waals surface area contributed by atoms with Crippen LogP contribution < -0.4 is 5.32 Å². The Balaban J connectivity index is 1.69. The minimum atomic E-state index is -0.108. The fourth-order valence-electron chi connectivity index (χ4n) is 3.39. The third kappa shape index (κ3) is 4.48. The molecular weight excluding hydrogens is 390 g/mol. The van der Waals surface area contributed by atoms with Crippen molar-refractivity contribution in [3.63, 3.8) is 0 Å². The molecule has 4 aromatic rings. The molecule has 4 rings (SSSR count). The summed E-state index contributed by atoms with van der Waals surface area (Å²) in [5, 5.41) is 3.64. The van der Waals surface area contributed by atoms with Gasteiger partial charge in [-0.25, -0.2) is 4.98 Å². The first-order valence-electron chi connectivity index (χ1n) is 10.1. The van der Waals surface area contributed by atoms with Crippen molar-refractivity contribution in [3.8, 4) is 11.3 Å². The molecule has 156 valence electrons. The van der Waals surface area contributed by atoms with Gasteiger partial charge in [-0.1, -0.05) is 37.3 Å². The number of para-hydroxylation sites is 1. The van der Waals surface area contributed by atoms with Crippen LogP contribution in [0.4, 0.5) is 5.69 Å². The topological polar surface area (TPSA) is 75.4 Å². The van der Waals surface area contributed by atoms with Gasteiger partial charge in [-0.2, -0.15) is 0 Å². The number of carbonyl (C=O) groups excluding carboxylic acids is 2. The standard InChI is InChI=1S/C25H23N3O3/c1-3-24(29)26-18-12-10-17(11-13-18)23-15-21(20-8-4-5-9-22(20)27-23)25(30)28(2)16-19-7-6-14-31-19/h4-15H,3,16H2,1-2H3,(H,26,29). The number of amides is 2. The first kappa shape index (κ1) is 20.3. The van der Waals surface area contributed by atoms with Gasteiger partial charge in [0.15, 0.2) is 0 Å². The second-order valence-electron chi connectivity index (χ2n) is 7.29. The Morgan fingerprint density at radius 2 is 1.81 bits per heavy atom. The maximum absolute atomic E-state index is 13.3. The van der Waals surface area contributed by atoms with E-state index < -0.39 is 0 Å². The van der Waals surface area contributed by atoms with E-state index in [0.29, 0.717) is 24.2 Å². The molecule has 2 aromatic carbocycles. The summed E-state index contributed by atoms with van der Waals surface area (Å²) in [5.74, 6) is 0.575. The van der Waals surface area contributed by atoms with Gasteiger partial charge in [-0.3, -0.25) is 9.59 Å². The van der Waals surface area contributed by atoms with Crippen LogP contribution in [0.2, 0.25) is 0 Å². The molecule has 0 unspecified atom stereocenters. The second kappa shape index (κ2) is 8.83. The molecule has 0 spiro atoms. The molecule has 0 aliphatic rings. The van der Waals surface area contributed by atoms with Gasteiger partial charge >= 0.3 is 0 Å². The molecule has 0 bridgehead atoms. The van der Waals surface area contributed by atoms with E-state index in [1.54, 1.807) is 24.3 Å². The number of hydrogen-bond acceptors (Lipinski definition) is 4. The number of carbonyl (C=O) groups is 2. The lowest BCUT2D eigenvalue weighted by Gasteiger charge is -2.18. The van der Waals surface area contributed by atoms with Gasteiger partial charge in [0.1, 0.15) is 5.76 Å². The van der Waals surface area contributed by atoms with E-state index in [2.05, 4.69) is 5.32 Å². The number of benzene rings is 2. The SMILES string of the molecule is CCC(=O)Nc1ccc(-c2cc(C(=O)N(C)Cc3ccco3)c3ccccc3n2)cc1. The van der Waals surface area contributed by atoms with Crippen molar-refractivity contribution in [3.05, 3.63) is 84.3 Å². The maximum atomic E-state index is 13.3. The number of furan rings is 1. The van der Waals surface area contributed by atoms with Crippen molar-refractivity contribution in [1.82, 2.24) is 9.88 Å². The van der Waals surface area contributed by atoms with Gasteiger partial charge in [0.05, 0.1) is 29.6 Å². The second-order valence-corrected chi connectivity index (χ2v) is 7.29. The summed E-state index contributed by atoms with van der Waals surface area (Å²) in [6.07, 6.45) is 2.02. The number of hydrogen-bond donors (Lipinski definition) is 1. The van der Waals surface area contributed by atoms with E-state index in [1.807, 2.05) is 67.6 Å². The summed E-state index contributed by atoms with van der Waals surface area (Å²) in [6, 6.07) is 20.5. The van der Waals surface area contributed by atoms with Crippen molar-refractivity contribution in [2.75, 3.05) is 12.4 Å². The van der Waals surface area contributed by atoms with E-state index in [9.17, 15) is 9.59 Å². The highest BCUT2D eigenvalue weighted by molar-refractivity contribution is 6.07. The van der Waals surface area contributed by atoms with Gasteiger partial charge in [-0.05, 0) is 36.4 Å². The van der Waals surface area contributed by atoms with E-state index in [4.69, 9.17) is 9.40 Å².